The first kappa shape index (κ1) is 10.7. The highest BCUT2D eigenvalue weighted by Crippen LogP contribution is 2.08. The molecular weight excluding hydrogens is 230 g/mol. The van der Waals surface area contributed by atoms with Crippen LogP contribution in [0.3, 0.4) is 0 Å². The van der Waals surface area contributed by atoms with Crippen molar-refractivity contribution in [3.63, 3.8) is 0 Å². The smallest absolute Gasteiger partial charge is 0.278 e. The van der Waals surface area contributed by atoms with Crippen LogP contribution in [0.2, 0.25) is 5.15 Å². The third kappa shape index (κ3) is 1.79. The Morgan fingerprint density at radius 3 is 2.88 bits per heavy atom. The van der Waals surface area contributed by atoms with Gasteiger partial charge in [-0.2, -0.15) is 0 Å². The number of nitrogen functional groups attached to an aromatic ring is 1. The molecule has 0 saturated carbocycles. The topological polar surface area (TPSA) is 78.7 Å². The first-order valence-electron chi connectivity index (χ1n) is 4.56. The van der Waals surface area contributed by atoms with Crippen LogP contribution in [0.25, 0.3) is 0 Å². The monoisotopic (exact) mass is 239 g/mol. The summed E-state index contributed by atoms with van der Waals surface area (Å²) in [5, 5.41) is 0.0288. The molecule has 6 nitrogen and oxygen atoms in total. The van der Waals surface area contributed by atoms with Crippen LogP contribution in [-0.2, 0) is 13.6 Å². The lowest BCUT2D eigenvalue weighted by Crippen LogP contribution is -2.25. The Hall–Kier alpha value is -1.82. The molecule has 0 aliphatic heterocycles. The summed E-state index contributed by atoms with van der Waals surface area (Å²) in [7, 11) is 1.85. The molecule has 84 valence electrons. The van der Waals surface area contributed by atoms with Gasteiger partial charge in [0, 0.05) is 19.4 Å². The molecule has 0 fully saturated rings. The van der Waals surface area contributed by atoms with Crippen molar-refractivity contribution in [3.05, 3.63) is 40.1 Å². The van der Waals surface area contributed by atoms with Gasteiger partial charge in [-0.1, -0.05) is 11.6 Å². The number of aryl methyl sites for hydroxylation is 1. The van der Waals surface area contributed by atoms with Gasteiger partial charge in [-0.05, 0) is 0 Å². The molecule has 7 heteroatoms. The lowest BCUT2D eigenvalue weighted by Gasteiger charge is -2.06. The van der Waals surface area contributed by atoms with Crippen molar-refractivity contribution >= 4 is 17.3 Å². The van der Waals surface area contributed by atoms with E-state index in [4.69, 9.17) is 17.3 Å². The number of rotatable bonds is 2. The van der Waals surface area contributed by atoms with Gasteiger partial charge in [-0.3, -0.25) is 9.36 Å². The van der Waals surface area contributed by atoms with Crippen LogP contribution >= 0.6 is 11.6 Å². The first-order chi connectivity index (χ1) is 7.59. The van der Waals surface area contributed by atoms with Gasteiger partial charge in [0.25, 0.3) is 5.56 Å². The quantitative estimate of drug-likeness (QED) is 0.763. The van der Waals surface area contributed by atoms with E-state index >= 15 is 0 Å². The fourth-order valence-corrected chi connectivity index (χ4v) is 1.42. The molecule has 2 rings (SSSR count). The van der Waals surface area contributed by atoms with Crippen LogP contribution < -0.4 is 11.3 Å². The summed E-state index contributed by atoms with van der Waals surface area (Å²) in [5.41, 5.74) is 5.09. The predicted molar refractivity (Wildman–Crippen MR) is 60.2 cm³/mol. The Morgan fingerprint density at radius 2 is 2.25 bits per heavy atom. The molecule has 0 spiro atoms. The summed E-state index contributed by atoms with van der Waals surface area (Å²) in [6, 6.07) is 0. The van der Waals surface area contributed by atoms with E-state index in [-0.39, 0.29) is 16.4 Å². The van der Waals surface area contributed by atoms with E-state index < -0.39 is 0 Å². The number of imidazole rings is 1. The van der Waals surface area contributed by atoms with Gasteiger partial charge < -0.3 is 10.3 Å². The second kappa shape index (κ2) is 3.97. The zero-order valence-electron chi connectivity index (χ0n) is 8.59. The molecule has 0 saturated heterocycles. The van der Waals surface area contributed by atoms with Crippen LogP contribution in [0.4, 0.5) is 5.69 Å². The molecule has 0 aliphatic carbocycles. The molecule has 2 aromatic rings. The van der Waals surface area contributed by atoms with E-state index in [2.05, 4.69) is 9.97 Å². The average molecular weight is 240 g/mol. The molecule has 0 atom stereocenters. The van der Waals surface area contributed by atoms with Gasteiger partial charge in [0.2, 0.25) is 0 Å². The Balaban J connectivity index is 2.40. The number of nitrogens with zero attached hydrogens (tertiary/aromatic N) is 4. The predicted octanol–water partition coefficient (Wildman–Crippen LogP) is 0.261. The standard InChI is InChI=1S/C9H10ClN5O/c1-14-3-2-12-6(14)4-15-5-13-8(10)7(11)9(15)16/h2-3,5H,4,11H2,1H3. The lowest BCUT2D eigenvalue weighted by molar-refractivity contribution is 0.668. The van der Waals surface area contributed by atoms with Crippen molar-refractivity contribution in [1.29, 1.82) is 0 Å². The van der Waals surface area contributed by atoms with Gasteiger partial charge in [0.1, 0.15) is 11.5 Å². The average Bonchev–Trinajstić information content (AvgIpc) is 2.65. The molecular formula is C9H10ClN5O. The highest BCUT2D eigenvalue weighted by molar-refractivity contribution is 6.31. The zero-order chi connectivity index (χ0) is 11.7. The van der Waals surface area contributed by atoms with Crippen molar-refractivity contribution in [1.82, 2.24) is 19.1 Å². The third-order valence-electron chi connectivity index (χ3n) is 2.26. The van der Waals surface area contributed by atoms with Crippen molar-refractivity contribution in [3.8, 4) is 0 Å². The number of anilines is 1. The van der Waals surface area contributed by atoms with Gasteiger partial charge in [0.15, 0.2) is 5.15 Å². The first-order valence-corrected chi connectivity index (χ1v) is 4.94. The SMILES string of the molecule is Cn1ccnc1Cn1cnc(Cl)c(N)c1=O. The normalized spacial score (nSPS) is 10.6. The number of hydrogen-bond acceptors (Lipinski definition) is 4. The summed E-state index contributed by atoms with van der Waals surface area (Å²) in [4.78, 5) is 19.6. The van der Waals surface area contributed by atoms with Crippen LogP contribution in [-0.4, -0.2) is 19.1 Å². The van der Waals surface area contributed by atoms with Gasteiger partial charge in [-0.25, -0.2) is 9.97 Å². The molecule has 2 heterocycles. The molecule has 0 aromatic carbocycles. The van der Waals surface area contributed by atoms with Gasteiger partial charge in [-0.15, -0.1) is 0 Å². The third-order valence-corrected chi connectivity index (χ3v) is 2.56. The molecule has 0 aliphatic rings. The fraction of sp³-hybridized carbons (Fsp3) is 0.222. The largest absolute Gasteiger partial charge is 0.392 e. The van der Waals surface area contributed by atoms with E-state index in [9.17, 15) is 4.79 Å². The van der Waals surface area contributed by atoms with Crippen LogP contribution in [0.1, 0.15) is 5.82 Å². The summed E-state index contributed by atoms with van der Waals surface area (Å²) >= 11 is 5.63. The van der Waals surface area contributed by atoms with E-state index in [0.717, 1.165) is 5.82 Å². The summed E-state index contributed by atoms with van der Waals surface area (Å²) in [6.45, 7) is 0.316. The number of aromatic nitrogens is 4. The maximum absolute atomic E-state index is 11.7. The molecule has 0 unspecified atom stereocenters. The van der Waals surface area contributed by atoms with Crippen molar-refractivity contribution < 1.29 is 0 Å². The maximum atomic E-state index is 11.7. The van der Waals surface area contributed by atoms with E-state index in [0.29, 0.717) is 6.54 Å². The van der Waals surface area contributed by atoms with E-state index in [1.54, 1.807) is 12.4 Å². The fourth-order valence-electron chi connectivity index (χ4n) is 1.30. The molecule has 16 heavy (non-hydrogen) atoms. The van der Waals surface area contributed by atoms with Crippen molar-refractivity contribution in [2.45, 2.75) is 6.54 Å². The summed E-state index contributed by atoms with van der Waals surface area (Å²) in [5.74, 6) is 0.741. The minimum absolute atomic E-state index is 0.0288. The van der Waals surface area contributed by atoms with Crippen LogP contribution in [0, 0.1) is 0 Å². The van der Waals surface area contributed by atoms with E-state index in [1.807, 2.05) is 11.6 Å². The Kier molecular flexibility index (Phi) is 2.66. The number of halogens is 1. The second-order valence-electron chi connectivity index (χ2n) is 3.34. The number of hydrogen-bond donors (Lipinski definition) is 1. The van der Waals surface area contributed by atoms with Crippen molar-refractivity contribution in [2.24, 2.45) is 7.05 Å². The van der Waals surface area contributed by atoms with Crippen LogP contribution in [0.15, 0.2) is 23.5 Å². The number of nitrogens with two attached hydrogens (primary N) is 1. The zero-order valence-corrected chi connectivity index (χ0v) is 9.35. The minimum atomic E-state index is -0.358. The van der Waals surface area contributed by atoms with Crippen LogP contribution in [0.5, 0.6) is 0 Å². The Morgan fingerprint density at radius 1 is 1.50 bits per heavy atom. The van der Waals surface area contributed by atoms with Crippen molar-refractivity contribution in [2.75, 3.05) is 5.73 Å². The maximum Gasteiger partial charge on any atom is 0.278 e. The van der Waals surface area contributed by atoms with Gasteiger partial charge >= 0.3 is 0 Å². The highest BCUT2D eigenvalue weighted by atomic mass is 35.5. The second-order valence-corrected chi connectivity index (χ2v) is 3.69. The molecule has 0 amide bonds. The highest BCUT2D eigenvalue weighted by Gasteiger charge is 2.08. The Bertz CT molecular complexity index is 574. The van der Waals surface area contributed by atoms with Gasteiger partial charge in [0.05, 0.1) is 12.9 Å². The molecule has 2 aromatic heterocycles. The molecule has 0 bridgehead atoms. The lowest BCUT2D eigenvalue weighted by atomic mass is 10.5. The summed E-state index contributed by atoms with van der Waals surface area (Å²) < 4.78 is 3.18. The summed E-state index contributed by atoms with van der Waals surface area (Å²) in [6.07, 6.45) is 4.82. The van der Waals surface area contributed by atoms with E-state index in [1.165, 1.54) is 10.9 Å². The minimum Gasteiger partial charge on any atom is -0.392 e. The molecule has 0 radical (unpaired) electrons. The molecule has 2 N–H and O–H groups in total. The Labute approximate surface area is 96.3 Å².